The molecule has 0 radical (unpaired) electrons. The molecule has 1 aromatic heterocycles. The van der Waals surface area contributed by atoms with Crippen molar-refractivity contribution >= 4 is 34.3 Å². The first-order valence-corrected chi connectivity index (χ1v) is 7.55. The number of rotatable bonds is 3. The molecule has 0 aliphatic carbocycles. The Morgan fingerprint density at radius 1 is 1.47 bits per heavy atom. The summed E-state index contributed by atoms with van der Waals surface area (Å²) in [6.07, 6.45) is 2.46. The van der Waals surface area contributed by atoms with Gasteiger partial charge in [0.25, 0.3) is 5.91 Å². The van der Waals surface area contributed by atoms with Gasteiger partial charge in [0.2, 0.25) is 0 Å². The van der Waals surface area contributed by atoms with E-state index in [4.69, 9.17) is 5.73 Å². The van der Waals surface area contributed by atoms with Crippen LogP contribution in [-0.2, 0) is 0 Å². The lowest BCUT2D eigenvalue weighted by molar-refractivity contribution is 0.0949. The van der Waals surface area contributed by atoms with E-state index >= 15 is 0 Å². The maximum absolute atomic E-state index is 12.1. The molecule has 0 saturated carbocycles. The average Bonchev–Trinajstić information content (AvgIpc) is 3.04. The van der Waals surface area contributed by atoms with Crippen LogP contribution in [0.2, 0.25) is 0 Å². The van der Waals surface area contributed by atoms with Crippen LogP contribution >= 0.6 is 11.8 Å². The molecule has 4 N–H and O–H groups in total. The molecule has 2 heterocycles. The van der Waals surface area contributed by atoms with Crippen molar-refractivity contribution in [3.05, 3.63) is 30.0 Å². The van der Waals surface area contributed by atoms with E-state index in [0.717, 1.165) is 17.4 Å². The summed E-state index contributed by atoms with van der Waals surface area (Å²) in [6.45, 7) is 0.751. The Bertz CT molecular complexity index is 602. The quantitative estimate of drug-likeness (QED) is 0.753. The number of carbonyl (C=O) groups excluding carboxylic acids is 1. The number of H-pyrrole nitrogens is 1. The number of carbonyl (C=O) groups is 1. The number of nitrogens with two attached hydrogens (primary N) is 1. The molecular formula is C14H17N3OS. The van der Waals surface area contributed by atoms with Crippen LogP contribution in [0.5, 0.6) is 0 Å². The van der Waals surface area contributed by atoms with Gasteiger partial charge in [-0.25, -0.2) is 0 Å². The third-order valence-corrected chi connectivity index (χ3v) is 4.80. The molecule has 19 heavy (non-hydrogen) atoms. The number of aromatic nitrogens is 1. The summed E-state index contributed by atoms with van der Waals surface area (Å²) < 4.78 is 0. The number of nitrogens with one attached hydrogen (secondary N) is 2. The van der Waals surface area contributed by atoms with Gasteiger partial charge < -0.3 is 16.0 Å². The number of hydrogen-bond acceptors (Lipinski definition) is 3. The first kappa shape index (κ1) is 12.4. The van der Waals surface area contributed by atoms with Crippen LogP contribution in [-0.4, -0.2) is 28.4 Å². The molecule has 2 aromatic rings. The molecular weight excluding hydrogens is 258 g/mol. The zero-order valence-corrected chi connectivity index (χ0v) is 11.4. The van der Waals surface area contributed by atoms with Gasteiger partial charge >= 0.3 is 0 Å². The number of thioether (sulfide) groups is 1. The van der Waals surface area contributed by atoms with Crippen LogP contribution < -0.4 is 11.1 Å². The van der Waals surface area contributed by atoms with E-state index in [0.29, 0.717) is 16.6 Å². The van der Waals surface area contributed by atoms with Crippen LogP contribution in [0, 0.1) is 0 Å². The summed E-state index contributed by atoms with van der Waals surface area (Å²) in [5.74, 6) is 1.17. The highest BCUT2D eigenvalue weighted by Gasteiger charge is 2.17. The summed E-state index contributed by atoms with van der Waals surface area (Å²) in [5.41, 5.74) is 7.98. The maximum Gasteiger partial charge on any atom is 0.267 e. The molecule has 1 amide bonds. The fourth-order valence-electron chi connectivity index (χ4n) is 2.38. The van der Waals surface area contributed by atoms with E-state index in [-0.39, 0.29) is 5.91 Å². The Balaban J connectivity index is 1.70. The summed E-state index contributed by atoms with van der Waals surface area (Å²) in [7, 11) is 0. The van der Waals surface area contributed by atoms with E-state index in [9.17, 15) is 4.79 Å². The van der Waals surface area contributed by atoms with Gasteiger partial charge in [-0.3, -0.25) is 4.79 Å². The third kappa shape index (κ3) is 2.71. The zero-order valence-electron chi connectivity index (χ0n) is 10.6. The van der Waals surface area contributed by atoms with Crippen LogP contribution in [0.15, 0.2) is 24.3 Å². The number of benzene rings is 1. The number of hydrogen-bond donors (Lipinski definition) is 3. The van der Waals surface area contributed by atoms with E-state index in [1.54, 1.807) is 0 Å². The third-order valence-electron chi connectivity index (χ3n) is 3.40. The van der Waals surface area contributed by atoms with Crippen molar-refractivity contribution in [2.45, 2.75) is 18.1 Å². The average molecular weight is 275 g/mol. The second kappa shape index (κ2) is 5.17. The summed E-state index contributed by atoms with van der Waals surface area (Å²) in [4.78, 5) is 15.2. The minimum Gasteiger partial charge on any atom is -0.399 e. The van der Waals surface area contributed by atoms with Crippen LogP contribution in [0.25, 0.3) is 10.9 Å². The van der Waals surface area contributed by atoms with Gasteiger partial charge in [-0.1, -0.05) is 0 Å². The molecule has 1 aliphatic heterocycles. The summed E-state index contributed by atoms with van der Waals surface area (Å²) >= 11 is 1.95. The first-order valence-electron chi connectivity index (χ1n) is 6.50. The second-order valence-corrected chi connectivity index (χ2v) is 6.28. The molecule has 4 nitrogen and oxygen atoms in total. The molecule has 1 fully saturated rings. The Morgan fingerprint density at radius 3 is 3.16 bits per heavy atom. The molecule has 0 bridgehead atoms. The Kier molecular flexibility index (Phi) is 3.38. The SMILES string of the molecule is Nc1ccc2[nH]c(C(=O)NCC3CCCS3)cc2c1. The van der Waals surface area contributed by atoms with Gasteiger partial charge in [-0.15, -0.1) is 0 Å². The predicted molar refractivity (Wildman–Crippen MR) is 80.5 cm³/mol. The minimum atomic E-state index is -0.0396. The van der Waals surface area contributed by atoms with Gasteiger partial charge in [0.15, 0.2) is 0 Å². The number of aromatic amines is 1. The molecule has 1 atom stereocenters. The van der Waals surface area contributed by atoms with Gasteiger partial charge in [0, 0.05) is 28.4 Å². The van der Waals surface area contributed by atoms with Crippen molar-refractivity contribution in [1.29, 1.82) is 0 Å². The Labute approximate surface area is 116 Å². The van der Waals surface area contributed by atoms with Gasteiger partial charge in [-0.05, 0) is 42.9 Å². The van der Waals surface area contributed by atoms with Gasteiger partial charge in [0.05, 0.1) is 0 Å². The Morgan fingerprint density at radius 2 is 2.37 bits per heavy atom. The molecule has 0 spiro atoms. The number of anilines is 1. The smallest absolute Gasteiger partial charge is 0.267 e. The van der Waals surface area contributed by atoms with Gasteiger partial charge in [-0.2, -0.15) is 11.8 Å². The first-order chi connectivity index (χ1) is 9.22. The van der Waals surface area contributed by atoms with Crippen molar-refractivity contribution in [2.75, 3.05) is 18.0 Å². The standard InChI is InChI=1S/C14H17N3OS/c15-10-3-4-12-9(6-10)7-13(17-12)14(18)16-8-11-2-1-5-19-11/h3-4,6-7,11,17H,1-2,5,8,15H2,(H,16,18). The fourth-order valence-corrected chi connectivity index (χ4v) is 3.58. The lowest BCUT2D eigenvalue weighted by Gasteiger charge is -2.08. The molecule has 100 valence electrons. The molecule has 1 aliphatic rings. The van der Waals surface area contributed by atoms with Gasteiger partial charge in [0.1, 0.15) is 5.69 Å². The molecule has 3 rings (SSSR count). The van der Waals surface area contributed by atoms with E-state index in [2.05, 4.69) is 10.3 Å². The van der Waals surface area contributed by atoms with E-state index in [1.165, 1.54) is 18.6 Å². The van der Waals surface area contributed by atoms with Crippen molar-refractivity contribution in [3.63, 3.8) is 0 Å². The van der Waals surface area contributed by atoms with Crippen LogP contribution in [0.1, 0.15) is 23.3 Å². The number of nitrogen functional groups attached to an aromatic ring is 1. The van der Waals surface area contributed by atoms with Crippen molar-refractivity contribution in [3.8, 4) is 0 Å². The predicted octanol–water partition coefficient (Wildman–Crippen LogP) is 2.38. The van der Waals surface area contributed by atoms with Crippen LogP contribution in [0.4, 0.5) is 5.69 Å². The number of amides is 1. The van der Waals surface area contributed by atoms with E-state index < -0.39 is 0 Å². The Hall–Kier alpha value is -1.62. The minimum absolute atomic E-state index is 0.0396. The molecule has 1 unspecified atom stereocenters. The monoisotopic (exact) mass is 275 g/mol. The lowest BCUT2D eigenvalue weighted by atomic mass is 10.2. The molecule has 1 saturated heterocycles. The van der Waals surface area contributed by atoms with Crippen molar-refractivity contribution in [1.82, 2.24) is 10.3 Å². The van der Waals surface area contributed by atoms with Crippen molar-refractivity contribution < 1.29 is 4.79 Å². The highest BCUT2D eigenvalue weighted by atomic mass is 32.2. The molecule has 5 heteroatoms. The highest BCUT2D eigenvalue weighted by molar-refractivity contribution is 8.00. The molecule has 1 aromatic carbocycles. The maximum atomic E-state index is 12.1. The normalized spacial score (nSPS) is 18.8. The second-order valence-electron chi connectivity index (χ2n) is 4.87. The highest BCUT2D eigenvalue weighted by Crippen LogP contribution is 2.25. The van der Waals surface area contributed by atoms with E-state index in [1.807, 2.05) is 36.0 Å². The summed E-state index contributed by atoms with van der Waals surface area (Å²) in [5, 5.41) is 4.54. The largest absolute Gasteiger partial charge is 0.399 e. The summed E-state index contributed by atoms with van der Waals surface area (Å²) in [6, 6.07) is 7.45. The number of fused-ring (bicyclic) bond motifs is 1. The lowest BCUT2D eigenvalue weighted by Crippen LogP contribution is -2.29. The van der Waals surface area contributed by atoms with Crippen molar-refractivity contribution in [2.24, 2.45) is 0 Å². The zero-order chi connectivity index (χ0) is 13.2. The fraction of sp³-hybridized carbons (Fsp3) is 0.357. The topological polar surface area (TPSA) is 70.9 Å². The van der Waals surface area contributed by atoms with Crippen LogP contribution in [0.3, 0.4) is 0 Å².